The van der Waals surface area contributed by atoms with E-state index >= 15 is 0 Å². The van der Waals surface area contributed by atoms with Crippen LogP contribution in [0.15, 0.2) is 46.8 Å². The van der Waals surface area contributed by atoms with Gasteiger partial charge in [-0.15, -0.1) is 11.3 Å². The van der Waals surface area contributed by atoms with Gasteiger partial charge in [-0.1, -0.05) is 23.4 Å². The van der Waals surface area contributed by atoms with Crippen LogP contribution < -0.4 is 15.2 Å². The van der Waals surface area contributed by atoms with Crippen LogP contribution >= 0.6 is 22.9 Å². The molecule has 1 saturated carbocycles. The summed E-state index contributed by atoms with van der Waals surface area (Å²) < 4.78 is 55.4. The molecule has 0 radical (unpaired) electrons. The largest absolute Gasteiger partial charge is 0.355 e. The van der Waals surface area contributed by atoms with Crippen molar-refractivity contribution in [3.8, 4) is 29.0 Å². The van der Waals surface area contributed by atoms with Crippen LogP contribution in [0, 0.1) is 30.1 Å². The van der Waals surface area contributed by atoms with Crippen LogP contribution in [0.4, 0.5) is 14.6 Å². The number of carbonyl (C=O) groups is 1. The molecule has 1 aliphatic carbocycles. The molecule has 5 aromatic rings. The standard InChI is InChI=1S/C40H39ClF2N8O4S2/c1-23-47-32-21-46-36(49(5)26-11-15-50(16-12-26)27-18-40(42,43)19-27)30(20-44)33(32)38(53)51(23)14-6-7-24-8-9-25(41)17-29(24)28-10-13-45-34-31(22-56-35(28)34)37(52)48-57(54,55)39(2,3)4/h8-10,13,17,21-22,26-27H,11-12,14-16,18-19H2,1-5H3,(H,48,52). The fourth-order valence-corrected chi connectivity index (χ4v) is 9.13. The highest BCUT2D eigenvalue weighted by molar-refractivity contribution is 7.91. The summed E-state index contributed by atoms with van der Waals surface area (Å²) in [4.78, 5) is 44.8. The van der Waals surface area contributed by atoms with E-state index in [1.165, 1.54) is 49.1 Å². The van der Waals surface area contributed by atoms with E-state index in [2.05, 4.69) is 42.5 Å². The summed E-state index contributed by atoms with van der Waals surface area (Å²) in [6.07, 6.45) is 4.22. The highest BCUT2D eigenvalue weighted by atomic mass is 35.5. The van der Waals surface area contributed by atoms with E-state index in [0.717, 1.165) is 0 Å². The van der Waals surface area contributed by atoms with Gasteiger partial charge >= 0.3 is 0 Å². The van der Waals surface area contributed by atoms with Crippen LogP contribution in [0.1, 0.15) is 73.8 Å². The Morgan fingerprint density at radius 2 is 1.88 bits per heavy atom. The molecule has 296 valence electrons. The second-order valence-electron chi connectivity index (χ2n) is 15.4. The molecule has 2 fully saturated rings. The van der Waals surface area contributed by atoms with E-state index in [-0.39, 0.29) is 53.5 Å². The van der Waals surface area contributed by atoms with Crippen molar-refractivity contribution in [2.45, 2.75) is 82.7 Å². The van der Waals surface area contributed by atoms with Gasteiger partial charge in [-0.25, -0.2) is 31.9 Å². The molecule has 0 spiro atoms. The summed E-state index contributed by atoms with van der Waals surface area (Å²) in [5.41, 5.74) is 2.28. The molecular formula is C40H39ClF2N8O4S2. The van der Waals surface area contributed by atoms with E-state index in [0.29, 0.717) is 69.5 Å². The average molecular weight is 833 g/mol. The minimum atomic E-state index is -3.97. The number of nitrogens with one attached hydrogen (secondary N) is 1. The zero-order valence-electron chi connectivity index (χ0n) is 31.9. The number of sulfonamides is 1. The third-order valence-electron chi connectivity index (χ3n) is 10.7. The van der Waals surface area contributed by atoms with E-state index in [1.807, 2.05) is 11.9 Å². The third kappa shape index (κ3) is 7.71. The van der Waals surface area contributed by atoms with Crippen molar-refractivity contribution in [3.05, 3.63) is 79.9 Å². The third-order valence-corrected chi connectivity index (χ3v) is 14.0. The lowest BCUT2D eigenvalue weighted by Gasteiger charge is -2.46. The predicted octanol–water partition coefficient (Wildman–Crippen LogP) is 6.51. The first-order valence-electron chi connectivity index (χ1n) is 18.3. The Bertz CT molecular complexity index is 2710. The van der Waals surface area contributed by atoms with Crippen LogP contribution in [0.5, 0.6) is 0 Å². The normalized spacial score (nSPS) is 16.5. The van der Waals surface area contributed by atoms with Crippen molar-refractivity contribution >= 4 is 65.8 Å². The first-order valence-corrected chi connectivity index (χ1v) is 21.0. The summed E-state index contributed by atoms with van der Waals surface area (Å²) in [5.74, 6) is 3.62. The summed E-state index contributed by atoms with van der Waals surface area (Å²) in [7, 11) is -2.13. The number of fused-ring (bicyclic) bond motifs is 2. The molecule has 1 aromatic carbocycles. The molecule has 1 aliphatic heterocycles. The lowest BCUT2D eigenvalue weighted by molar-refractivity contribution is -0.127. The Hall–Kier alpha value is -5.00. The molecule has 17 heteroatoms. The second kappa shape index (κ2) is 15.1. The van der Waals surface area contributed by atoms with Gasteiger partial charge in [0.25, 0.3) is 17.4 Å². The number of thiophene rings is 1. The van der Waals surface area contributed by atoms with Crippen molar-refractivity contribution in [1.82, 2.24) is 29.1 Å². The van der Waals surface area contributed by atoms with Crippen molar-refractivity contribution in [2.24, 2.45) is 0 Å². The molecule has 57 heavy (non-hydrogen) atoms. The lowest BCUT2D eigenvalue weighted by atomic mass is 9.85. The fourth-order valence-electron chi connectivity index (χ4n) is 7.27. The van der Waals surface area contributed by atoms with Crippen LogP contribution in [-0.2, 0) is 16.6 Å². The van der Waals surface area contributed by atoms with Gasteiger partial charge in [0.1, 0.15) is 23.3 Å². The number of nitrogens with zero attached hydrogens (tertiary/aromatic N) is 7. The van der Waals surface area contributed by atoms with Crippen LogP contribution in [0.25, 0.3) is 32.2 Å². The summed E-state index contributed by atoms with van der Waals surface area (Å²) in [6.45, 7) is 7.44. The molecule has 1 amide bonds. The fraction of sp³-hybridized carbons (Fsp3) is 0.400. The van der Waals surface area contributed by atoms with Crippen molar-refractivity contribution in [3.63, 3.8) is 0 Å². The van der Waals surface area contributed by atoms with Gasteiger partial charge in [0.05, 0.1) is 44.2 Å². The van der Waals surface area contributed by atoms with E-state index in [9.17, 15) is 32.0 Å². The van der Waals surface area contributed by atoms with Gasteiger partial charge in [-0.2, -0.15) is 5.26 Å². The SMILES string of the molecule is Cc1nc2cnc(N(C)C3CCN(C4CC(F)(F)C4)CC3)c(C#N)c2c(=O)n1CC#Cc1ccc(Cl)cc1-c1ccnc2c(C(=O)NS(=O)(=O)C(C)(C)C)csc12. The number of rotatable bonds is 7. The number of carbonyl (C=O) groups excluding carboxylic acids is 1. The molecule has 7 rings (SSSR count). The Morgan fingerprint density at radius 3 is 2.54 bits per heavy atom. The highest BCUT2D eigenvalue weighted by Crippen LogP contribution is 2.42. The first kappa shape index (κ1) is 40.2. The Balaban J connectivity index is 1.17. The Morgan fingerprint density at radius 1 is 1.16 bits per heavy atom. The van der Waals surface area contributed by atoms with Gasteiger partial charge < -0.3 is 4.90 Å². The molecular weight excluding hydrogens is 794 g/mol. The molecule has 0 atom stereocenters. The zero-order chi connectivity index (χ0) is 41.0. The predicted molar refractivity (Wildman–Crippen MR) is 217 cm³/mol. The van der Waals surface area contributed by atoms with Gasteiger partial charge in [0, 0.05) is 78.4 Å². The number of hydrogen-bond acceptors (Lipinski definition) is 11. The number of nitriles is 1. The number of anilines is 1. The quantitative estimate of drug-likeness (QED) is 0.180. The molecule has 4 aromatic heterocycles. The molecule has 0 bridgehead atoms. The number of hydrogen-bond donors (Lipinski definition) is 1. The van der Waals surface area contributed by atoms with Crippen molar-refractivity contribution < 1.29 is 22.0 Å². The maximum atomic E-state index is 14.1. The highest BCUT2D eigenvalue weighted by Gasteiger charge is 2.48. The van der Waals surface area contributed by atoms with Gasteiger partial charge in [-0.3, -0.25) is 24.0 Å². The van der Waals surface area contributed by atoms with Crippen LogP contribution in [-0.4, -0.2) is 81.6 Å². The van der Waals surface area contributed by atoms with Gasteiger partial charge in [0.15, 0.2) is 0 Å². The Labute approximate surface area is 337 Å². The molecule has 0 unspecified atom stereocenters. The van der Waals surface area contributed by atoms with E-state index in [1.54, 1.807) is 36.6 Å². The monoisotopic (exact) mass is 832 g/mol. The maximum absolute atomic E-state index is 14.1. The summed E-state index contributed by atoms with van der Waals surface area (Å²) in [5, 5.41) is 12.5. The minimum Gasteiger partial charge on any atom is -0.355 e. The maximum Gasteiger partial charge on any atom is 0.267 e. The van der Waals surface area contributed by atoms with Crippen molar-refractivity contribution in [1.29, 1.82) is 5.26 Å². The number of alkyl halides is 2. The van der Waals surface area contributed by atoms with Gasteiger partial charge in [-0.05, 0) is 64.8 Å². The number of benzene rings is 1. The lowest BCUT2D eigenvalue weighted by Crippen LogP contribution is -2.55. The number of halogens is 3. The number of pyridine rings is 2. The average Bonchev–Trinajstić information content (AvgIpc) is 3.59. The molecule has 1 saturated heterocycles. The second-order valence-corrected chi connectivity index (χ2v) is 19.2. The van der Waals surface area contributed by atoms with Gasteiger partial charge in [0.2, 0.25) is 10.0 Å². The number of aromatic nitrogens is 4. The number of aryl methyl sites for hydroxylation is 1. The smallest absolute Gasteiger partial charge is 0.267 e. The Kier molecular flexibility index (Phi) is 10.6. The van der Waals surface area contributed by atoms with E-state index < -0.39 is 32.2 Å². The van der Waals surface area contributed by atoms with Crippen LogP contribution in [0.3, 0.4) is 0 Å². The minimum absolute atomic E-state index is 0.00289. The number of amides is 1. The molecule has 2 aliphatic rings. The number of likely N-dealkylation sites (tertiary alicyclic amines) is 1. The van der Waals surface area contributed by atoms with Crippen LogP contribution in [0.2, 0.25) is 5.02 Å². The summed E-state index contributed by atoms with van der Waals surface area (Å²) >= 11 is 7.69. The molecule has 1 N–H and O–H groups in total. The summed E-state index contributed by atoms with van der Waals surface area (Å²) in [6, 6.07) is 9.02. The van der Waals surface area contributed by atoms with Crippen molar-refractivity contribution in [2.75, 3.05) is 25.0 Å². The zero-order valence-corrected chi connectivity index (χ0v) is 34.2. The molecule has 12 nitrogen and oxygen atoms in total. The molecule has 5 heterocycles. The first-order chi connectivity index (χ1) is 26.9. The topological polar surface area (TPSA) is 154 Å². The van der Waals surface area contributed by atoms with E-state index in [4.69, 9.17) is 11.6 Å². The number of piperidine rings is 1.